The second kappa shape index (κ2) is 8.24. The maximum Gasteiger partial charge on any atom is 0.243 e. The summed E-state index contributed by atoms with van der Waals surface area (Å²) in [5, 5.41) is 2.70. The van der Waals surface area contributed by atoms with Gasteiger partial charge >= 0.3 is 0 Å². The fourth-order valence-electron chi connectivity index (χ4n) is 2.28. The van der Waals surface area contributed by atoms with Crippen LogP contribution in [0.15, 0.2) is 53.4 Å². The quantitative estimate of drug-likeness (QED) is 0.821. The summed E-state index contributed by atoms with van der Waals surface area (Å²) in [7, 11) is -0.729. The van der Waals surface area contributed by atoms with Gasteiger partial charge in [0, 0.05) is 19.8 Å². The van der Waals surface area contributed by atoms with Crippen LogP contribution in [0.1, 0.15) is 11.1 Å². The largest absolute Gasteiger partial charge is 0.380 e. The lowest BCUT2D eigenvalue weighted by Gasteiger charge is -2.17. The molecule has 25 heavy (non-hydrogen) atoms. The summed E-state index contributed by atoms with van der Waals surface area (Å²) in [6, 6.07) is 13.7. The number of rotatable bonds is 7. The van der Waals surface area contributed by atoms with Gasteiger partial charge in [-0.2, -0.15) is 4.31 Å². The topological polar surface area (TPSA) is 75.7 Å². The van der Waals surface area contributed by atoms with Gasteiger partial charge in [0.25, 0.3) is 0 Å². The third-order valence-electron chi connectivity index (χ3n) is 3.62. The van der Waals surface area contributed by atoms with Gasteiger partial charge < -0.3 is 10.1 Å². The number of amides is 1. The smallest absolute Gasteiger partial charge is 0.243 e. The average Bonchev–Trinajstić information content (AvgIpc) is 2.55. The highest BCUT2D eigenvalue weighted by atomic mass is 32.2. The predicted molar refractivity (Wildman–Crippen MR) is 96.8 cm³/mol. The van der Waals surface area contributed by atoms with E-state index in [1.807, 2.05) is 13.0 Å². The van der Waals surface area contributed by atoms with E-state index in [1.54, 1.807) is 37.4 Å². The van der Waals surface area contributed by atoms with Gasteiger partial charge in [-0.05, 0) is 36.8 Å². The van der Waals surface area contributed by atoms with Crippen molar-refractivity contribution >= 4 is 21.6 Å². The van der Waals surface area contributed by atoms with Crippen LogP contribution in [0.25, 0.3) is 0 Å². The first-order valence-electron chi connectivity index (χ1n) is 7.73. The lowest BCUT2D eigenvalue weighted by atomic mass is 10.2. The molecule has 7 heteroatoms. The molecule has 2 aromatic rings. The summed E-state index contributed by atoms with van der Waals surface area (Å²) in [5.41, 5.74) is 2.48. The molecule has 0 aliphatic heterocycles. The van der Waals surface area contributed by atoms with Gasteiger partial charge in [0.2, 0.25) is 15.9 Å². The number of hydrogen-bond donors (Lipinski definition) is 1. The van der Waals surface area contributed by atoms with E-state index in [0.717, 1.165) is 15.4 Å². The lowest BCUT2D eigenvalue weighted by molar-refractivity contribution is -0.116. The number of nitrogens with one attached hydrogen (secondary N) is 1. The van der Waals surface area contributed by atoms with Crippen molar-refractivity contribution in [2.24, 2.45) is 0 Å². The zero-order valence-corrected chi connectivity index (χ0v) is 15.3. The first-order valence-corrected chi connectivity index (χ1v) is 9.17. The Labute approximate surface area is 148 Å². The number of likely N-dealkylation sites (N-methyl/N-ethyl adjacent to an activating group) is 1. The van der Waals surface area contributed by atoms with Crippen molar-refractivity contribution in [3.8, 4) is 0 Å². The summed E-state index contributed by atoms with van der Waals surface area (Å²) >= 11 is 0. The Morgan fingerprint density at radius 3 is 2.48 bits per heavy atom. The number of anilines is 1. The normalized spacial score (nSPS) is 11.5. The highest BCUT2D eigenvalue weighted by Gasteiger charge is 2.22. The fourth-order valence-corrected chi connectivity index (χ4v) is 3.41. The second-order valence-electron chi connectivity index (χ2n) is 5.76. The van der Waals surface area contributed by atoms with Crippen molar-refractivity contribution in [1.29, 1.82) is 0 Å². The number of nitrogens with zero attached hydrogens (tertiary/aromatic N) is 1. The Hall–Kier alpha value is -2.22. The van der Waals surface area contributed by atoms with Crippen molar-refractivity contribution < 1.29 is 17.9 Å². The number of hydrogen-bond acceptors (Lipinski definition) is 4. The molecule has 1 N–H and O–H groups in total. The molecule has 0 spiro atoms. The number of methoxy groups -OCH3 is 1. The SMILES string of the molecule is COCc1cccc(NC(=O)CN(C)S(=O)(=O)c2ccc(C)cc2)c1. The molecule has 0 aromatic heterocycles. The molecule has 0 unspecified atom stereocenters. The molecular formula is C18H22N2O4S. The molecule has 0 heterocycles. The third kappa shape index (κ3) is 5.12. The molecule has 6 nitrogen and oxygen atoms in total. The molecule has 0 aliphatic rings. The van der Waals surface area contributed by atoms with Crippen LogP contribution in [-0.2, 0) is 26.2 Å². The molecule has 0 fully saturated rings. The van der Waals surface area contributed by atoms with Gasteiger partial charge in [-0.15, -0.1) is 0 Å². The molecule has 1 amide bonds. The van der Waals surface area contributed by atoms with Crippen molar-refractivity contribution in [3.05, 3.63) is 59.7 Å². The zero-order chi connectivity index (χ0) is 18.4. The standard InChI is InChI=1S/C18H22N2O4S/c1-14-7-9-17(10-8-14)25(22,23)20(2)12-18(21)19-16-6-4-5-15(11-16)13-24-3/h4-11H,12-13H2,1-3H3,(H,19,21). The first-order chi connectivity index (χ1) is 11.8. The van der Waals surface area contributed by atoms with E-state index in [4.69, 9.17) is 4.74 Å². The first kappa shape index (κ1) is 19.1. The Morgan fingerprint density at radius 1 is 1.16 bits per heavy atom. The summed E-state index contributed by atoms with van der Waals surface area (Å²) < 4.78 is 31.1. The van der Waals surface area contributed by atoms with Gasteiger partial charge in [-0.3, -0.25) is 4.79 Å². The van der Waals surface area contributed by atoms with Crippen LogP contribution in [-0.4, -0.2) is 39.3 Å². The molecule has 0 saturated heterocycles. The van der Waals surface area contributed by atoms with Gasteiger partial charge in [0.1, 0.15) is 0 Å². The van der Waals surface area contributed by atoms with Crippen LogP contribution >= 0.6 is 0 Å². The molecule has 2 rings (SSSR count). The highest BCUT2D eigenvalue weighted by molar-refractivity contribution is 7.89. The zero-order valence-electron chi connectivity index (χ0n) is 14.5. The predicted octanol–water partition coefficient (Wildman–Crippen LogP) is 2.40. The van der Waals surface area contributed by atoms with Crippen molar-refractivity contribution in [2.45, 2.75) is 18.4 Å². The number of benzene rings is 2. The molecule has 2 aromatic carbocycles. The number of carbonyl (C=O) groups excluding carboxylic acids is 1. The van der Waals surface area contributed by atoms with Crippen molar-refractivity contribution in [3.63, 3.8) is 0 Å². The third-order valence-corrected chi connectivity index (χ3v) is 5.43. The molecule has 0 atom stereocenters. The van der Waals surface area contributed by atoms with Crippen LogP contribution in [0.2, 0.25) is 0 Å². The summed E-state index contributed by atoms with van der Waals surface area (Å²) in [6.45, 7) is 2.04. The van der Waals surface area contributed by atoms with Gasteiger partial charge in [0.05, 0.1) is 18.0 Å². The van der Waals surface area contributed by atoms with Crippen LogP contribution in [0.3, 0.4) is 0 Å². The Bertz CT molecular complexity index is 832. The second-order valence-corrected chi connectivity index (χ2v) is 7.80. The Morgan fingerprint density at radius 2 is 1.84 bits per heavy atom. The van der Waals surface area contributed by atoms with Gasteiger partial charge in [-0.1, -0.05) is 29.8 Å². The molecule has 0 saturated carbocycles. The Kier molecular flexibility index (Phi) is 6.30. The van der Waals surface area contributed by atoms with E-state index < -0.39 is 15.9 Å². The number of carbonyl (C=O) groups is 1. The van der Waals surface area contributed by atoms with Crippen LogP contribution in [0, 0.1) is 6.92 Å². The van der Waals surface area contributed by atoms with Crippen molar-refractivity contribution in [2.75, 3.05) is 26.0 Å². The van der Waals surface area contributed by atoms with E-state index in [-0.39, 0.29) is 11.4 Å². The monoisotopic (exact) mass is 362 g/mol. The van der Waals surface area contributed by atoms with Gasteiger partial charge in [0.15, 0.2) is 0 Å². The lowest BCUT2D eigenvalue weighted by Crippen LogP contribution is -2.35. The molecule has 0 radical (unpaired) electrons. The van der Waals surface area contributed by atoms with E-state index >= 15 is 0 Å². The van der Waals surface area contributed by atoms with Gasteiger partial charge in [-0.25, -0.2) is 8.42 Å². The minimum absolute atomic E-state index is 0.162. The van der Waals surface area contributed by atoms with E-state index in [2.05, 4.69) is 5.32 Å². The van der Waals surface area contributed by atoms with Crippen molar-refractivity contribution in [1.82, 2.24) is 4.31 Å². The highest BCUT2D eigenvalue weighted by Crippen LogP contribution is 2.16. The molecule has 0 aliphatic carbocycles. The molecule has 0 bridgehead atoms. The number of aryl methyl sites for hydroxylation is 1. The minimum Gasteiger partial charge on any atom is -0.380 e. The van der Waals surface area contributed by atoms with E-state index in [1.165, 1.54) is 19.2 Å². The molecular weight excluding hydrogens is 340 g/mol. The number of sulfonamides is 1. The molecule has 134 valence electrons. The van der Waals surface area contributed by atoms with E-state index in [0.29, 0.717) is 12.3 Å². The summed E-state index contributed by atoms with van der Waals surface area (Å²) in [4.78, 5) is 12.3. The fraction of sp³-hybridized carbons (Fsp3) is 0.278. The van der Waals surface area contributed by atoms with Crippen LogP contribution < -0.4 is 5.32 Å². The van der Waals surface area contributed by atoms with E-state index in [9.17, 15) is 13.2 Å². The minimum atomic E-state index is -3.71. The van der Waals surface area contributed by atoms with Crippen LogP contribution in [0.4, 0.5) is 5.69 Å². The summed E-state index contributed by atoms with van der Waals surface area (Å²) in [5.74, 6) is -0.409. The number of ether oxygens (including phenoxy) is 1. The maximum atomic E-state index is 12.5. The summed E-state index contributed by atoms with van der Waals surface area (Å²) in [6.07, 6.45) is 0. The Balaban J connectivity index is 2.04. The average molecular weight is 362 g/mol. The van der Waals surface area contributed by atoms with Crippen LogP contribution in [0.5, 0.6) is 0 Å². The maximum absolute atomic E-state index is 12.5.